The molecule has 1 aliphatic rings. The van der Waals surface area contributed by atoms with Crippen LogP contribution >= 0.6 is 0 Å². The monoisotopic (exact) mass is 145 g/mol. The standard InChI is InChI=1S/C8H16FN/c1-3-10-5-4-7(2)8(9)6-10/h7-8H,3-6H2,1-2H3/t7-,8+/m1/s1. The van der Waals surface area contributed by atoms with E-state index in [9.17, 15) is 4.39 Å². The molecule has 1 nitrogen and oxygen atoms in total. The van der Waals surface area contributed by atoms with Gasteiger partial charge in [0.05, 0.1) is 0 Å². The molecule has 0 aromatic carbocycles. The summed E-state index contributed by atoms with van der Waals surface area (Å²) in [6, 6.07) is 0. The second-order valence-corrected chi connectivity index (χ2v) is 3.18. The van der Waals surface area contributed by atoms with E-state index >= 15 is 0 Å². The van der Waals surface area contributed by atoms with Crippen LogP contribution in [-0.2, 0) is 0 Å². The normalized spacial score (nSPS) is 36.3. The van der Waals surface area contributed by atoms with Gasteiger partial charge in [0.1, 0.15) is 6.17 Å². The van der Waals surface area contributed by atoms with Crippen LogP contribution in [0.1, 0.15) is 20.3 Å². The van der Waals surface area contributed by atoms with Crippen LogP contribution in [0.2, 0.25) is 0 Å². The highest BCUT2D eigenvalue weighted by Gasteiger charge is 2.24. The number of piperidine rings is 1. The minimum Gasteiger partial charge on any atom is -0.301 e. The molecule has 0 saturated carbocycles. The van der Waals surface area contributed by atoms with E-state index in [1.165, 1.54) is 0 Å². The van der Waals surface area contributed by atoms with Crippen LogP contribution in [0.4, 0.5) is 4.39 Å². The lowest BCUT2D eigenvalue weighted by Crippen LogP contribution is -2.40. The molecule has 10 heavy (non-hydrogen) atoms. The summed E-state index contributed by atoms with van der Waals surface area (Å²) in [6.07, 6.45) is 0.434. The summed E-state index contributed by atoms with van der Waals surface area (Å²) in [6.45, 7) is 6.81. The molecular weight excluding hydrogens is 129 g/mol. The molecule has 2 heteroatoms. The van der Waals surface area contributed by atoms with E-state index in [4.69, 9.17) is 0 Å². The van der Waals surface area contributed by atoms with Gasteiger partial charge in [0.25, 0.3) is 0 Å². The van der Waals surface area contributed by atoms with Gasteiger partial charge in [-0.3, -0.25) is 0 Å². The van der Waals surface area contributed by atoms with Gasteiger partial charge in [0.2, 0.25) is 0 Å². The average Bonchev–Trinajstić information content (AvgIpc) is 1.95. The Morgan fingerprint density at radius 2 is 2.30 bits per heavy atom. The van der Waals surface area contributed by atoms with Crippen molar-refractivity contribution < 1.29 is 4.39 Å². The van der Waals surface area contributed by atoms with Crippen LogP contribution in [0.15, 0.2) is 0 Å². The van der Waals surface area contributed by atoms with Crippen molar-refractivity contribution in [1.82, 2.24) is 4.90 Å². The third kappa shape index (κ3) is 1.69. The Morgan fingerprint density at radius 1 is 1.60 bits per heavy atom. The lowest BCUT2D eigenvalue weighted by atomic mass is 9.97. The number of likely N-dealkylation sites (tertiary alicyclic amines) is 1. The Hall–Kier alpha value is -0.110. The van der Waals surface area contributed by atoms with E-state index < -0.39 is 6.17 Å². The molecule has 0 aromatic heterocycles. The van der Waals surface area contributed by atoms with Crippen LogP contribution in [0.5, 0.6) is 0 Å². The summed E-state index contributed by atoms with van der Waals surface area (Å²) >= 11 is 0. The van der Waals surface area contributed by atoms with Crippen molar-refractivity contribution in [1.29, 1.82) is 0 Å². The summed E-state index contributed by atoms with van der Waals surface area (Å²) in [7, 11) is 0. The molecule has 60 valence electrons. The molecule has 1 saturated heterocycles. The fourth-order valence-corrected chi connectivity index (χ4v) is 1.37. The molecule has 0 radical (unpaired) electrons. The van der Waals surface area contributed by atoms with Crippen molar-refractivity contribution in [3.8, 4) is 0 Å². The highest BCUT2D eigenvalue weighted by atomic mass is 19.1. The lowest BCUT2D eigenvalue weighted by Gasteiger charge is -2.31. The maximum atomic E-state index is 13.0. The van der Waals surface area contributed by atoms with Crippen LogP contribution in [0.3, 0.4) is 0 Å². The first-order valence-electron chi connectivity index (χ1n) is 4.10. The number of alkyl halides is 1. The molecule has 0 amide bonds. The van der Waals surface area contributed by atoms with Crippen LogP contribution in [-0.4, -0.2) is 30.7 Å². The van der Waals surface area contributed by atoms with Crippen molar-refractivity contribution in [2.75, 3.05) is 19.6 Å². The van der Waals surface area contributed by atoms with Gasteiger partial charge in [-0.25, -0.2) is 4.39 Å². The average molecular weight is 145 g/mol. The second kappa shape index (κ2) is 3.33. The van der Waals surface area contributed by atoms with E-state index in [0.717, 1.165) is 19.5 Å². The zero-order valence-electron chi connectivity index (χ0n) is 6.81. The van der Waals surface area contributed by atoms with E-state index in [1.807, 2.05) is 6.92 Å². The third-order valence-electron chi connectivity index (χ3n) is 2.40. The molecule has 1 rings (SSSR count). The predicted octanol–water partition coefficient (Wildman–Crippen LogP) is 1.69. The molecule has 1 aliphatic heterocycles. The van der Waals surface area contributed by atoms with Crippen LogP contribution in [0.25, 0.3) is 0 Å². The number of hydrogen-bond acceptors (Lipinski definition) is 1. The summed E-state index contributed by atoms with van der Waals surface area (Å²) < 4.78 is 13.0. The zero-order chi connectivity index (χ0) is 7.56. The van der Waals surface area contributed by atoms with Crippen molar-refractivity contribution in [2.24, 2.45) is 5.92 Å². The van der Waals surface area contributed by atoms with Gasteiger partial charge in [-0.2, -0.15) is 0 Å². The zero-order valence-corrected chi connectivity index (χ0v) is 6.81. The number of halogens is 1. The minimum absolute atomic E-state index is 0.280. The molecule has 2 atom stereocenters. The summed E-state index contributed by atoms with van der Waals surface area (Å²) in [5.41, 5.74) is 0. The summed E-state index contributed by atoms with van der Waals surface area (Å²) in [4.78, 5) is 2.17. The molecule has 0 unspecified atom stereocenters. The van der Waals surface area contributed by atoms with Gasteiger partial charge < -0.3 is 4.90 Å². The molecule has 1 fully saturated rings. The van der Waals surface area contributed by atoms with Crippen molar-refractivity contribution in [3.63, 3.8) is 0 Å². The van der Waals surface area contributed by atoms with E-state index in [-0.39, 0.29) is 5.92 Å². The maximum Gasteiger partial charge on any atom is 0.115 e. The first-order valence-corrected chi connectivity index (χ1v) is 4.10. The largest absolute Gasteiger partial charge is 0.301 e. The molecule has 0 bridgehead atoms. The van der Waals surface area contributed by atoms with E-state index in [1.54, 1.807) is 0 Å². The number of nitrogens with zero attached hydrogens (tertiary/aromatic N) is 1. The van der Waals surface area contributed by atoms with Gasteiger partial charge in [-0.1, -0.05) is 13.8 Å². The molecule has 0 aliphatic carbocycles. The van der Waals surface area contributed by atoms with Crippen molar-refractivity contribution in [3.05, 3.63) is 0 Å². The van der Waals surface area contributed by atoms with E-state index in [2.05, 4.69) is 11.8 Å². The summed E-state index contributed by atoms with van der Waals surface area (Å²) in [5, 5.41) is 0. The molecule has 0 aromatic rings. The second-order valence-electron chi connectivity index (χ2n) is 3.18. The van der Waals surface area contributed by atoms with Gasteiger partial charge in [0.15, 0.2) is 0 Å². The Kier molecular flexibility index (Phi) is 2.66. The maximum absolute atomic E-state index is 13.0. The number of rotatable bonds is 1. The molecule has 1 heterocycles. The lowest BCUT2D eigenvalue weighted by molar-refractivity contribution is 0.0975. The quantitative estimate of drug-likeness (QED) is 0.542. The summed E-state index contributed by atoms with van der Waals surface area (Å²) in [5.74, 6) is 0.280. The fourth-order valence-electron chi connectivity index (χ4n) is 1.37. The highest BCUT2D eigenvalue weighted by molar-refractivity contribution is 4.76. The predicted molar refractivity (Wildman–Crippen MR) is 40.8 cm³/mol. The van der Waals surface area contributed by atoms with Crippen molar-refractivity contribution >= 4 is 0 Å². The Labute approximate surface area is 62.2 Å². The van der Waals surface area contributed by atoms with E-state index in [0.29, 0.717) is 6.54 Å². The third-order valence-corrected chi connectivity index (χ3v) is 2.40. The molecule has 0 spiro atoms. The molecule has 0 N–H and O–H groups in total. The van der Waals surface area contributed by atoms with Gasteiger partial charge >= 0.3 is 0 Å². The van der Waals surface area contributed by atoms with Crippen molar-refractivity contribution in [2.45, 2.75) is 26.4 Å². The van der Waals surface area contributed by atoms with Gasteiger partial charge in [0, 0.05) is 6.54 Å². The fraction of sp³-hybridized carbons (Fsp3) is 1.00. The Balaban J connectivity index is 2.33. The van der Waals surface area contributed by atoms with Crippen LogP contribution < -0.4 is 0 Å². The van der Waals surface area contributed by atoms with Gasteiger partial charge in [-0.05, 0) is 25.4 Å². The Morgan fingerprint density at radius 3 is 2.80 bits per heavy atom. The smallest absolute Gasteiger partial charge is 0.115 e. The first kappa shape index (κ1) is 7.99. The first-order chi connectivity index (χ1) is 4.74. The number of hydrogen-bond donors (Lipinski definition) is 0. The molecular formula is C8H16FN. The van der Waals surface area contributed by atoms with Gasteiger partial charge in [-0.15, -0.1) is 0 Å². The SMILES string of the molecule is CCN1CC[C@@H](C)[C@@H](F)C1. The highest BCUT2D eigenvalue weighted by Crippen LogP contribution is 2.18. The van der Waals surface area contributed by atoms with Crippen LogP contribution in [0, 0.1) is 5.92 Å². The Bertz CT molecular complexity index is 105. The minimum atomic E-state index is -0.589. The topological polar surface area (TPSA) is 3.24 Å².